The Morgan fingerprint density at radius 2 is 1.97 bits per heavy atom. The molecule has 146 valence electrons. The molecule has 0 spiro atoms. The summed E-state index contributed by atoms with van der Waals surface area (Å²) in [5, 5.41) is 15.5. The van der Waals surface area contributed by atoms with Crippen LogP contribution in [0.25, 0.3) is 28.0 Å². The van der Waals surface area contributed by atoms with Gasteiger partial charge < -0.3 is 5.11 Å². The summed E-state index contributed by atoms with van der Waals surface area (Å²) < 4.78 is 2.01. The molecule has 2 heterocycles. The highest BCUT2D eigenvalue weighted by molar-refractivity contribution is 6.30. The average Bonchev–Trinajstić information content (AvgIpc) is 3.17. The van der Waals surface area contributed by atoms with Crippen molar-refractivity contribution in [2.24, 2.45) is 5.92 Å². The largest absolute Gasteiger partial charge is 0.508 e. The van der Waals surface area contributed by atoms with Gasteiger partial charge in [-0.1, -0.05) is 49.2 Å². The van der Waals surface area contributed by atoms with Crippen molar-refractivity contribution in [1.29, 1.82) is 0 Å². The van der Waals surface area contributed by atoms with Crippen molar-refractivity contribution >= 4 is 17.2 Å². The standard InChI is InChI=1S/C24H22ClN3O/c1-2-15-6-11-22-20(12-15)23(17-4-3-5-19(29)13-17)27-24-21(14-26-28(22)24)16-7-9-18(25)10-8-16/h3-5,7-10,13-15,29H,2,6,11-12H2,1H3/t15-/m0/s1. The van der Waals surface area contributed by atoms with E-state index in [1.54, 1.807) is 12.1 Å². The number of aromatic hydroxyl groups is 1. The van der Waals surface area contributed by atoms with Gasteiger partial charge in [0, 0.05) is 27.4 Å². The summed E-state index contributed by atoms with van der Waals surface area (Å²) >= 11 is 6.07. The Hall–Kier alpha value is -2.85. The smallest absolute Gasteiger partial charge is 0.163 e. The van der Waals surface area contributed by atoms with E-state index in [1.807, 2.05) is 47.1 Å². The molecule has 0 aliphatic heterocycles. The van der Waals surface area contributed by atoms with Crippen LogP contribution in [0.4, 0.5) is 0 Å². The molecule has 0 radical (unpaired) electrons. The fourth-order valence-corrected chi connectivity index (χ4v) is 4.49. The summed E-state index contributed by atoms with van der Waals surface area (Å²) in [6.07, 6.45) is 6.20. The molecule has 1 aliphatic rings. The molecule has 4 aromatic rings. The van der Waals surface area contributed by atoms with Gasteiger partial charge in [-0.3, -0.25) is 0 Å². The fraction of sp³-hybridized carbons (Fsp3) is 0.250. The molecule has 0 fully saturated rings. The van der Waals surface area contributed by atoms with Crippen LogP contribution in [0.1, 0.15) is 31.0 Å². The van der Waals surface area contributed by atoms with Crippen molar-refractivity contribution < 1.29 is 5.11 Å². The summed E-state index contributed by atoms with van der Waals surface area (Å²) in [5.74, 6) is 0.913. The predicted octanol–water partition coefficient (Wildman–Crippen LogP) is 5.94. The van der Waals surface area contributed by atoms with Crippen molar-refractivity contribution in [3.05, 3.63) is 71.0 Å². The first-order valence-electron chi connectivity index (χ1n) is 10.1. The molecule has 1 atom stereocenters. The van der Waals surface area contributed by atoms with Crippen LogP contribution in [0.3, 0.4) is 0 Å². The van der Waals surface area contributed by atoms with E-state index in [9.17, 15) is 5.11 Å². The fourth-order valence-electron chi connectivity index (χ4n) is 4.36. The summed E-state index contributed by atoms with van der Waals surface area (Å²) in [6, 6.07) is 15.2. The molecule has 29 heavy (non-hydrogen) atoms. The lowest BCUT2D eigenvalue weighted by molar-refractivity contribution is 0.435. The maximum atomic E-state index is 10.1. The summed E-state index contributed by atoms with van der Waals surface area (Å²) in [5.41, 5.74) is 7.27. The van der Waals surface area contributed by atoms with E-state index in [0.29, 0.717) is 10.9 Å². The van der Waals surface area contributed by atoms with E-state index in [0.717, 1.165) is 53.7 Å². The van der Waals surface area contributed by atoms with Crippen LogP contribution in [0.15, 0.2) is 54.7 Å². The summed E-state index contributed by atoms with van der Waals surface area (Å²) in [4.78, 5) is 5.08. The second kappa shape index (κ2) is 7.20. The molecule has 1 aliphatic carbocycles. The van der Waals surface area contributed by atoms with Crippen molar-refractivity contribution in [2.45, 2.75) is 32.6 Å². The lowest BCUT2D eigenvalue weighted by Gasteiger charge is -2.26. The van der Waals surface area contributed by atoms with Crippen LogP contribution < -0.4 is 0 Å². The van der Waals surface area contributed by atoms with Gasteiger partial charge in [-0.15, -0.1) is 0 Å². The number of aryl methyl sites for hydroxylation is 1. The number of fused-ring (bicyclic) bond motifs is 3. The van der Waals surface area contributed by atoms with Crippen LogP contribution in [-0.2, 0) is 12.8 Å². The van der Waals surface area contributed by atoms with Gasteiger partial charge in [-0.25, -0.2) is 9.50 Å². The molecule has 5 heteroatoms. The van der Waals surface area contributed by atoms with Crippen LogP contribution in [0, 0.1) is 5.92 Å². The second-order valence-electron chi connectivity index (χ2n) is 7.75. The number of rotatable bonds is 3. The van der Waals surface area contributed by atoms with Crippen LogP contribution in [0.5, 0.6) is 5.75 Å². The third-order valence-corrected chi connectivity index (χ3v) is 6.24. The molecule has 0 amide bonds. The van der Waals surface area contributed by atoms with E-state index in [2.05, 4.69) is 6.92 Å². The highest BCUT2D eigenvalue weighted by Gasteiger charge is 2.26. The Morgan fingerprint density at radius 1 is 1.14 bits per heavy atom. The van der Waals surface area contributed by atoms with Crippen molar-refractivity contribution in [2.75, 3.05) is 0 Å². The third kappa shape index (κ3) is 3.18. The minimum Gasteiger partial charge on any atom is -0.508 e. The zero-order chi connectivity index (χ0) is 20.0. The molecule has 0 bridgehead atoms. The maximum Gasteiger partial charge on any atom is 0.163 e. The van der Waals surface area contributed by atoms with E-state index >= 15 is 0 Å². The molecular formula is C24H22ClN3O. The Bertz CT molecular complexity index is 1200. The van der Waals surface area contributed by atoms with Gasteiger partial charge in [0.2, 0.25) is 0 Å². The quantitative estimate of drug-likeness (QED) is 0.460. The number of benzene rings is 2. The second-order valence-corrected chi connectivity index (χ2v) is 8.19. The molecule has 2 aromatic heterocycles. The number of hydrogen-bond donors (Lipinski definition) is 1. The van der Waals surface area contributed by atoms with Gasteiger partial charge in [0.15, 0.2) is 5.65 Å². The Morgan fingerprint density at radius 3 is 2.72 bits per heavy atom. The molecule has 2 aromatic carbocycles. The molecule has 4 nitrogen and oxygen atoms in total. The zero-order valence-corrected chi connectivity index (χ0v) is 17.0. The summed E-state index contributed by atoms with van der Waals surface area (Å²) in [7, 11) is 0. The SMILES string of the molecule is CC[C@H]1CCc2c(c(-c3cccc(O)c3)nc3c(-c4ccc(Cl)cc4)cnn23)C1. The molecule has 0 saturated carbocycles. The topological polar surface area (TPSA) is 50.4 Å². The van der Waals surface area contributed by atoms with Gasteiger partial charge >= 0.3 is 0 Å². The molecule has 0 saturated heterocycles. The van der Waals surface area contributed by atoms with Gasteiger partial charge in [0.1, 0.15) is 5.75 Å². The predicted molar refractivity (Wildman–Crippen MR) is 116 cm³/mol. The van der Waals surface area contributed by atoms with Gasteiger partial charge in [0.25, 0.3) is 0 Å². The van der Waals surface area contributed by atoms with Crippen LogP contribution >= 0.6 is 11.6 Å². The van der Waals surface area contributed by atoms with E-state index in [4.69, 9.17) is 21.7 Å². The average molecular weight is 404 g/mol. The Kier molecular flexibility index (Phi) is 4.51. The Balaban J connectivity index is 1.77. The third-order valence-electron chi connectivity index (χ3n) is 5.99. The van der Waals surface area contributed by atoms with E-state index in [1.165, 1.54) is 11.3 Å². The normalized spacial score (nSPS) is 16.1. The molecule has 5 rings (SSSR count). The van der Waals surface area contributed by atoms with Crippen molar-refractivity contribution in [3.8, 4) is 28.1 Å². The molecule has 1 N–H and O–H groups in total. The van der Waals surface area contributed by atoms with E-state index < -0.39 is 0 Å². The maximum absolute atomic E-state index is 10.1. The number of hydrogen-bond acceptors (Lipinski definition) is 3. The van der Waals surface area contributed by atoms with Crippen molar-refractivity contribution in [3.63, 3.8) is 0 Å². The van der Waals surface area contributed by atoms with Gasteiger partial charge in [-0.2, -0.15) is 5.10 Å². The highest BCUT2D eigenvalue weighted by atomic mass is 35.5. The van der Waals surface area contributed by atoms with Crippen molar-refractivity contribution in [1.82, 2.24) is 14.6 Å². The number of nitrogens with zero attached hydrogens (tertiary/aromatic N) is 3. The minimum atomic E-state index is 0.257. The lowest BCUT2D eigenvalue weighted by Crippen LogP contribution is -2.19. The number of aromatic nitrogens is 3. The highest BCUT2D eigenvalue weighted by Crippen LogP contribution is 2.37. The van der Waals surface area contributed by atoms with Crippen LogP contribution in [-0.4, -0.2) is 19.7 Å². The number of phenols is 1. The van der Waals surface area contributed by atoms with Gasteiger partial charge in [-0.05, 0) is 55.0 Å². The molecular weight excluding hydrogens is 382 g/mol. The molecule has 0 unspecified atom stereocenters. The summed E-state index contributed by atoms with van der Waals surface area (Å²) in [6.45, 7) is 2.25. The minimum absolute atomic E-state index is 0.257. The van der Waals surface area contributed by atoms with Crippen LogP contribution in [0.2, 0.25) is 5.02 Å². The first-order valence-corrected chi connectivity index (χ1v) is 10.5. The lowest BCUT2D eigenvalue weighted by atomic mass is 9.83. The first kappa shape index (κ1) is 18.2. The number of phenolic OH excluding ortho intramolecular Hbond substituents is 1. The van der Waals surface area contributed by atoms with Gasteiger partial charge in [0.05, 0.1) is 11.9 Å². The zero-order valence-electron chi connectivity index (χ0n) is 16.3. The Labute approximate surface area is 174 Å². The van der Waals surface area contributed by atoms with E-state index in [-0.39, 0.29) is 5.75 Å². The monoisotopic (exact) mass is 403 g/mol. The number of halogens is 1. The first-order chi connectivity index (χ1) is 14.1.